The molecule has 0 aromatic heterocycles. The monoisotopic (exact) mass is 748 g/mol. The highest BCUT2D eigenvalue weighted by Gasteiger charge is 2.17. The van der Waals surface area contributed by atoms with E-state index in [-0.39, 0.29) is 12.5 Å². The molecule has 0 saturated carbocycles. The van der Waals surface area contributed by atoms with Crippen LogP contribution in [0, 0.1) is 0 Å². The fourth-order valence-corrected chi connectivity index (χ4v) is 6.14. The summed E-state index contributed by atoms with van der Waals surface area (Å²) in [7, 11) is 0. The SMILES string of the molecule is CC/C=C\C/C=C\C/C=C\C/C=C\C/C=C\C/C=C\CCCCCCCCCCCCCCCCCCC(=O)NC(CO)C(O)/C=C/CC/C=C/CCC. The van der Waals surface area contributed by atoms with Crippen LogP contribution in [0.2, 0.25) is 0 Å². The third kappa shape index (κ3) is 40.5. The van der Waals surface area contributed by atoms with E-state index in [0.29, 0.717) is 6.42 Å². The number of amides is 1. The summed E-state index contributed by atoms with van der Waals surface area (Å²) in [6.45, 7) is 4.06. The Morgan fingerprint density at radius 2 is 0.833 bits per heavy atom. The van der Waals surface area contributed by atoms with Gasteiger partial charge in [-0.05, 0) is 77.0 Å². The number of unbranched alkanes of at least 4 members (excludes halogenated alkanes) is 18. The van der Waals surface area contributed by atoms with E-state index >= 15 is 0 Å². The number of nitrogens with one attached hydrogen (secondary N) is 1. The van der Waals surface area contributed by atoms with Crippen molar-refractivity contribution in [1.29, 1.82) is 0 Å². The van der Waals surface area contributed by atoms with Crippen molar-refractivity contribution >= 4 is 5.91 Å². The van der Waals surface area contributed by atoms with Crippen molar-refractivity contribution in [2.45, 2.75) is 206 Å². The number of hydrogen-bond donors (Lipinski definition) is 3. The van der Waals surface area contributed by atoms with Crippen molar-refractivity contribution in [3.8, 4) is 0 Å². The topological polar surface area (TPSA) is 69.6 Å². The molecule has 0 spiro atoms. The summed E-state index contributed by atoms with van der Waals surface area (Å²) in [6, 6.07) is -0.639. The molecule has 0 aliphatic heterocycles. The van der Waals surface area contributed by atoms with Gasteiger partial charge >= 0.3 is 0 Å². The Kier molecular flexibility index (Phi) is 42.5. The molecule has 54 heavy (non-hydrogen) atoms. The maximum Gasteiger partial charge on any atom is 0.220 e. The summed E-state index contributed by atoms with van der Waals surface area (Å²) in [6.07, 6.45) is 67.0. The summed E-state index contributed by atoms with van der Waals surface area (Å²) in [4.78, 5) is 12.3. The Hall–Kier alpha value is -2.69. The summed E-state index contributed by atoms with van der Waals surface area (Å²) in [5.74, 6) is -0.0826. The van der Waals surface area contributed by atoms with Gasteiger partial charge in [0.05, 0.1) is 18.8 Å². The second kappa shape index (κ2) is 44.7. The second-order valence-electron chi connectivity index (χ2n) is 14.7. The van der Waals surface area contributed by atoms with Gasteiger partial charge in [0, 0.05) is 6.42 Å². The Balaban J connectivity index is 3.48. The molecule has 0 aliphatic carbocycles. The van der Waals surface area contributed by atoms with Crippen molar-refractivity contribution in [3.63, 3.8) is 0 Å². The van der Waals surface area contributed by atoms with Gasteiger partial charge in [0.25, 0.3) is 0 Å². The van der Waals surface area contributed by atoms with E-state index in [9.17, 15) is 15.0 Å². The van der Waals surface area contributed by atoms with Gasteiger partial charge in [-0.2, -0.15) is 0 Å². The molecule has 4 heteroatoms. The minimum Gasteiger partial charge on any atom is -0.394 e. The number of hydrogen-bond acceptors (Lipinski definition) is 3. The van der Waals surface area contributed by atoms with Gasteiger partial charge in [-0.3, -0.25) is 4.79 Å². The quantitative estimate of drug-likeness (QED) is 0.0433. The summed E-state index contributed by atoms with van der Waals surface area (Å²) in [5.41, 5.74) is 0. The lowest BCUT2D eigenvalue weighted by Crippen LogP contribution is -2.45. The van der Waals surface area contributed by atoms with Gasteiger partial charge in [-0.1, -0.05) is 207 Å². The van der Waals surface area contributed by atoms with E-state index in [1.165, 1.54) is 96.3 Å². The maximum atomic E-state index is 12.3. The van der Waals surface area contributed by atoms with Gasteiger partial charge in [0.2, 0.25) is 5.91 Å². The molecule has 0 aliphatic rings. The number of aliphatic hydroxyl groups excluding tert-OH is 2. The zero-order valence-electron chi connectivity index (χ0n) is 35.2. The van der Waals surface area contributed by atoms with Crippen LogP contribution >= 0.6 is 0 Å². The lowest BCUT2D eigenvalue weighted by Gasteiger charge is -2.19. The Labute approximate surface area is 334 Å². The van der Waals surface area contributed by atoms with E-state index in [0.717, 1.165) is 77.0 Å². The molecule has 0 aromatic carbocycles. The highest BCUT2D eigenvalue weighted by Crippen LogP contribution is 2.15. The normalized spacial score (nSPS) is 13.9. The third-order valence-electron chi connectivity index (χ3n) is 9.53. The first-order valence-electron chi connectivity index (χ1n) is 22.5. The van der Waals surface area contributed by atoms with Gasteiger partial charge in [0.15, 0.2) is 0 Å². The van der Waals surface area contributed by atoms with Crippen LogP contribution in [0.15, 0.2) is 97.2 Å². The molecule has 0 fully saturated rings. The van der Waals surface area contributed by atoms with Gasteiger partial charge in [0.1, 0.15) is 0 Å². The summed E-state index contributed by atoms with van der Waals surface area (Å²) in [5, 5.41) is 22.7. The molecule has 0 bridgehead atoms. The van der Waals surface area contributed by atoms with E-state index < -0.39 is 12.1 Å². The molecule has 2 atom stereocenters. The maximum absolute atomic E-state index is 12.3. The van der Waals surface area contributed by atoms with Crippen molar-refractivity contribution in [2.75, 3.05) is 6.61 Å². The first-order chi connectivity index (χ1) is 26.7. The van der Waals surface area contributed by atoms with Crippen LogP contribution in [0.3, 0.4) is 0 Å². The minimum atomic E-state index is -0.862. The van der Waals surface area contributed by atoms with E-state index in [2.05, 4.69) is 104 Å². The molecule has 0 saturated heterocycles. The fourth-order valence-electron chi connectivity index (χ4n) is 6.14. The molecule has 4 nitrogen and oxygen atoms in total. The molecular weight excluding hydrogens is 663 g/mol. The van der Waals surface area contributed by atoms with Crippen LogP contribution in [0.25, 0.3) is 0 Å². The number of allylic oxidation sites excluding steroid dienone is 15. The number of carbonyl (C=O) groups excluding carboxylic acids is 1. The Morgan fingerprint density at radius 3 is 1.28 bits per heavy atom. The van der Waals surface area contributed by atoms with Crippen LogP contribution in [-0.2, 0) is 4.79 Å². The summed E-state index contributed by atoms with van der Waals surface area (Å²) >= 11 is 0. The van der Waals surface area contributed by atoms with Gasteiger partial charge in [-0.15, -0.1) is 0 Å². The van der Waals surface area contributed by atoms with Crippen LogP contribution in [-0.4, -0.2) is 34.9 Å². The zero-order chi connectivity index (χ0) is 39.3. The van der Waals surface area contributed by atoms with E-state index in [4.69, 9.17) is 0 Å². The molecule has 0 heterocycles. The predicted molar refractivity (Wildman–Crippen MR) is 239 cm³/mol. The standard InChI is InChI=1S/C50H85NO3/c1-3-5-7-9-11-12-13-14-15-16-17-18-19-20-21-22-23-24-25-26-27-28-29-30-31-32-33-34-35-36-37-38-40-42-44-46-50(54)51-48(47-52)49(53)45-43-41-39-10-8-6-4-2/h5,7-8,10-12,14-15,17-18,20-21,23-24,43,45,48-49,52-53H,3-4,6,9,13,16,19,22,25-42,44,46-47H2,1-2H3,(H,51,54)/b7-5-,10-8+,12-11-,15-14-,18-17-,21-20-,24-23-,45-43+. The van der Waals surface area contributed by atoms with Gasteiger partial charge in [-0.25, -0.2) is 0 Å². The van der Waals surface area contributed by atoms with Crippen molar-refractivity contribution in [3.05, 3.63) is 97.2 Å². The zero-order valence-corrected chi connectivity index (χ0v) is 35.2. The highest BCUT2D eigenvalue weighted by atomic mass is 16.3. The highest BCUT2D eigenvalue weighted by molar-refractivity contribution is 5.76. The van der Waals surface area contributed by atoms with Crippen molar-refractivity contribution in [2.24, 2.45) is 0 Å². The number of carbonyl (C=O) groups is 1. The molecule has 3 N–H and O–H groups in total. The van der Waals surface area contributed by atoms with E-state index in [1.54, 1.807) is 6.08 Å². The Morgan fingerprint density at radius 1 is 0.463 bits per heavy atom. The summed E-state index contributed by atoms with van der Waals surface area (Å²) < 4.78 is 0. The molecule has 0 radical (unpaired) electrons. The second-order valence-corrected chi connectivity index (χ2v) is 14.7. The molecule has 2 unspecified atom stereocenters. The molecule has 0 aromatic rings. The van der Waals surface area contributed by atoms with Crippen LogP contribution in [0.5, 0.6) is 0 Å². The predicted octanol–water partition coefficient (Wildman–Crippen LogP) is 14.2. The Bertz CT molecular complexity index is 1030. The molecule has 0 rings (SSSR count). The lowest BCUT2D eigenvalue weighted by atomic mass is 10.0. The molecule has 1 amide bonds. The average molecular weight is 748 g/mol. The smallest absolute Gasteiger partial charge is 0.220 e. The molecule has 308 valence electrons. The lowest BCUT2D eigenvalue weighted by molar-refractivity contribution is -0.123. The minimum absolute atomic E-state index is 0.0826. The number of rotatable bonds is 39. The van der Waals surface area contributed by atoms with Crippen LogP contribution in [0.1, 0.15) is 194 Å². The van der Waals surface area contributed by atoms with Crippen LogP contribution in [0.4, 0.5) is 0 Å². The van der Waals surface area contributed by atoms with Gasteiger partial charge < -0.3 is 15.5 Å². The van der Waals surface area contributed by atoms with E-state index in [1.807, 2.05) is 6.08 Å². The van der Waals surface area contributed by atoms with Crippen molar-refractivity contribution < 1.29 is 15.0 Å². The molecular formula is C50H85NO3. The third-order valence-corrected chi connectivity index (χ3v) is 9.53. The first kappa shape index (κ1) is 51.3. The largest absolute Gasteiger partial charge is 0.394 e. The first-order valence-corrected chi connectivity index (χ1v) is 22.5. The van der Waals surface area contributed by atoms with Crippen molar-refractivity contribution in [1.82, 2.24) is 5.32 Å². The van der Waals surface area contributed by atoms with Crippen LogP contribution < -0.4 is 5.32 Å². The fraction of sp³-hybridized carbons (Fsp3) is 0.660. The average Bonchev–Trinajstić information content (AvgIpc) is 3.18. The number of aliphatic hydroxyl groups is 2.